The van der Waals surface area contributed by atoms with Gasteiger partial charge in [0.1, 0.15) is 12.4 Å². The first-order chi connectivity index (χ1) is 21.4. The maximum absolute atomic E-state index is 13.0. The van der Waals surface area contributed by atoms with Gasteiger partial charge in [0.05, 0.1) is 11.6 Å². The van der Waals surface area contributed by atoms with E-state index in [9.17, 15) is 9.59 Å². The van der Waals surface area contributed by atoms with Crippen LogP contribution >= 0.6 is 0 Å². The van der Waals surface area contributed by atoms with Gasteiger partial charge in [-0.2, -0.15) is 5.10 Å². The summed E-state index contributed by atoms with van der Waals surface area (Å²) in [7, 11) is 0. The Morgan fingerprint density at radius 1 is 1.27 bits per heavy atom. The van der Waals surface area contributed by atoms with E-state index in [4.69, 9.17) is 9.84 Å². The highest BCUT2D eigenvalue weighted by atomic mass is 16.5. The number of hydrogen-bond donors (Lipinski definition) is 2. The molecule has 0 bridgehead atoms. The van der Waals surface area contributed by atoms with E-state index in [2.05, 4.69) is 55.0 Å². The van der Waals surface area contributed by atoms with Crippen LogP contribution in [-0.2, 0) is 14.3 Å². The molecule has 2 unspecified atom stereocenters. The number of carbonyl (C=O) groups excluding carboxylic acids is 2. The monoisotopic (exact) mass is 600 g/mol. The van der Waals surface area contributed by atoms with Gasteiger partial charge >= 0.3 is 0 Å². The highest BCUT2D eigenvalue weighted by Crippen LogP contribution is 2.32. The number of anilines is 1. The largest absolute Gasteiger partial charge is 0.490 e. The second-order valence-electron chi connectivity index (χ2n) is 10.9. The van der Waals surface area contributed by atoms with Crippen molar-refractivity contribution in [3.05, 3.63) is 103 Å². The molecule has 0 aromatic carbocycles. The lowest BCUT2D eigenvalue weighted by atomic mass is 9.91. The molecule has 1 heterocycles. The molecule has 2 N–H and O–H groups in total. The van der Waals surface area contributed by atoms with Gasteiger partial charge in [-0.05, 0) is 70.1 Å². The number of allylic oxidation sites excluding steroid dienone is 12. The second kappa shape index (κ2) is 20.7. The number of rotatable bonds is 19. The average Bonchev–Trinajstić information content (AvgIpc) is 3.42. The second-order valence-corrected chi connectivity index (χ2v) is 10.9. The number of hydrogen-bond acceptors (Lipinski definition) is 4. The number of ether oxygens (including phenoxy) is 1. The van der Waals surface area contributed by atoms with Crippen LogP contribution in [0.1, 0.15) is 90.7 Å². The zero-order chi connectivity index (χ0) is 32.2. The Morgan fingerprint density at radius 3 is 2.77 bits per heavy atom. The topological polar surface area (TPSA) is 85.2 Å². The van der Waals surface area contributed by atoms with Crippen LogP contribution in [0.4, 0.5) is 5.82 Å². The van der Waals surface area contributed by atoms with Gasteiger partial charge in [0.25, 0.3) is 0 Å². The Bertz CT molecular complexity index is 1280. The summed E-state index contributed by atoms with van der Waals surface area (Å²) < 4.78 is 7.95. The van der Waals surface area contributed by atoms with Crippen molar-refractivity contribution in [1.82, 2.24) is 15.1 Å². The van der Waals surface area contributed by atoms with Crippen molar-refractivity contribution >= 4 is 23.8 Å². The molecule has 0 saturated carbocycles. The molecule has 1 aromatic heterocycles. The molecule has 0 radical (unpaired) electrons. The van der Waals surface area contributed by atoms with Crippen molar-refractivity contribution in [2.45, 2.75) is 85.0 Å². The first-order valence-electron chi connectivity index (χ1n) is 15.9. The fourth-order valence-corrected chi connectivity index (χ4v) is 4.99. The average molecular weight is 601 g/mol. The van der Waals surface area contributed by atoms with Gasteiger partial charge in [0.2, 0.25) is 12.3 Å². The minimum Gasteiger partial charge on any atom is -0.490 e. The Hall–Kier alpha value is -4.13. The molecule has 0 spiro atoms. The standard InChI is InChI=1S/C37H52N4O3/c1-7-12-20-31(18-9-3)27-44-34(11-5)23-16-19-29(6)41-35(33-22-15-13-14-21-30(24-33)17-8-2)25-36(40-41)39-37(43)32(10-4)26-38-28-42/h7,9,11-12,14,16,20-21,23-25,28,32-33H,3,6,8,10,13,15,17-19,22,26-27H2,1-2,4-5H3,(H,38,42)(H,39,40,43)/b12-7-,21-14-,23-16-,30-24-,31-20+,34-11+. The highest BCUT2D eigenvalue weighted by molar-refractivity contribution is 5.92. The Balaban J connectivity index is 2.32. The van der Waals surface area contributed by atoms with E-state index >= 15 is 0 Å². The molecule has 2 rings (SSSR count). The molecule has 1 aliphatic carbocycles. The minimum atomic E-state index is -0.346. The molecule has 2 amide bonds. The van der Waals surface area contributed by atoms with E-state index in [1.54, 1.807) is 0 Å². The normalized spacial score (nSPS) is 18.6. The number of amides is 2. The van der Waals surface area contributed by atoms with E-state index in [-0.39, 0.29) is 24.3 Å². The highest BCUT2D eigenvalue weighted by Gasteiger charge is 2.22. The SMILES string of the molecule is C=CC/C(=C\C=C/C)COC(/C=C\CC(=C)n1nc(NC(=O)C(CC)CNC=O)cc1C1/C=C(CCC)\C=C/CCC1)=C/C. The summed E-state index contributed by atoms with van der Waals surface area (Å²) in [6.07, 6.45) is 28.4. The van der Waals surface area contributed by atoms with Crippen LogP contribution in [-0.4, -0.2) is 35.2 Å². The van der Waals surface area contributed by atoms with Gasteiger partial charge < -0.3 is 15.4 Å². The van der Waals surface area contributed by atoms with Gasteiger partial charge in [-0.25, -0.2) is 4.68 Å². The first kappa shape index (κ1) is 36.1. The molecular formula is C37H52N4O3. The van der Waals surface area contributed by atoms with E-state index in [0.717, 1.165) is 61.2 Å². The lowest BCUT2D eigenvalue weighted by Crippen LogP contribution is -2.31. The van der Waals surface area contributed by atoms with Crippen molar-refractivity contribution in [3.63, 3.8) is 0 Å². The molecule has 238 valence electrons. The van der Waals surface area contributed by atoms with Crippen molar-refractivity contribution in [3.8, 4) is 0 Å². The van der Waals surface area contributed by atoms with Gasteiger partial charge in [0, 0.05) is 30.6 Å². The van der Waals surface area contributed by atoms with E-state index in [0.29, 0.717) is 31.7 Å². The lowest BCUT2D eigenvalue weighted by Gasteiger charge is -2.18. The van der Waals surface area contributed by atoms with Crippen LogP contribution in [0.15, 0.2) is 96.9 Å². The molecule has 7 nitrogen and oxygen atoms in total. The summed E-state index contributed by atoms with van der Waals surface area (Å²) in [5, 5.41) is 10.4. The zero-order valence-electron chi connectivity index (χ0n) is 27.2. The van der Waals surface area contributed by atoms with Gasteiger partial charge in [-0.15, -0.1) is 6.58 Å². The quantitative estimate of drug-likeness (QED) is 0.0721. The third kappa shape index (κ3) is 12.2. The molecule has 0 fully saturated rings. The first-order valence-corrected chi connectivity index (χ1v) is 15.9. The van der Waals surface area contributed by atoms with E-state index in [1.165, 1.54) is 5.57 Å². The number of nitrogens with one attached hydrogen (secondary N) is 2. The van der Waals surface area contributed by atoms with E-state index in [1.807, 2.05) is 68.0 Å². The van der Waals surface area contributed by atoms with Crippen LogP contribution in [0.3, 0.4) is 0 Å². The molecular weight excluding hydrogens is 548 g/mol. The van der Waals surface area contributed by atoms with E-state index < -0.39 is 0 Å². The van der Waals surface area contributed by atoms with Crippen LogP contribution in [0, 0.1) is 5.92 Å². The third-order valence-corrected chi connectivity index (χ3v) is 7.43. The number of aromatic nitrogens is 2. The number of nitrogens with zero attached hydrogens (tertiary/aromatic N) is 2. The lowest BCUT2D eigenvalue weighted by molar-refractivity contribution is -0.120. The maximum Gasteiger partial charge on any atom is 0.230 e. The predicted octanol–water partition coefficient (Wildman–Crippen LogP) is 8.56. The van der Waals surface area contributed by atoms with Crippen LogP contribution < -0.4 is 10.6 Å². The molecule has 7 heteroatoms. The Morgan fingerprint density at radius 2 is 2.09 bits per heavy atom. The Kier molecular flexibility index (Phi) is 17.0. The summed E-state index contributed by atoms with van der Waals surface area (Å²) in [5.41, 5.74) is 4.27. The molecule has 0 aliphatic heterocycles. The zero-order valence-corrected chi connectivity index (χ0v) is 27.2. The fourth-order valence-electron chi connectivity index (χ4n) is 4.99. The van der Waals surface area contributed by atoms with Crippen LogP contribution in [0.25, 0.3) is 5.70 Å². The summed E-state index contributed by atoms with van der Waals surface area (Å²) in [5.74, 6) is 0.890. The fraction of sp³-hybridized carbons (Fsp3) is 0.432. The molecule has 1 aliphatic rings. The summed E-state index contributed by atoms with van der Waals surface area (Å²) in [6, 6.07) is 1.97. The molecule has 2 atom stereocenters. The van der Waals surface area contributed by atoms with Crippen molar-refractivity contribution in [2.24, 2.45) is 5.92 Å². The maximum atomic E-state index is 13.0. The van der Waals surface area contributed by atoms with Crippen LogP contribution in [0.2, 0.25) is 0 Å². The Labute approximate surface area is 264 Å². The number of carbonyl (C=O) groups is 2. The van der Waals surface area contributed by atoms with Gasteiger partial charge in [-0.3, -0.25) is 9.59 Å². The van der Waals surface area contributed by atoms with Gasteiger partial charge in [0.15, 0.2) is 5.82 Å². The third-order valence-electron chi connectivity index (χ3n) is 7.43. The minimum absolute atomic E-state index is 0.140. The molecule has 1 aromatic rings. The van der Waals surface area contributed by atoms with Gasteiger partial charge in [-0.1, -0.05) is 81.0 Å². The van der Waals surface area contributed by atoms with Crippen LogP contribution in [0.5, 0.6) is 0 Å². The van der Waals surface area contributed by atoms with Crippen molar-refractivity contribution < 1.29 is 14.3 Å². The smallest absolute Gasteiger partial charge is 0.230 e. The summed E-state index contributed by atoms with van der Waals surface area (Å²) in [4.78, 5) is 23.8. The summed E-state index contributed by atoms with van der Waals surface area (Å²) >= 11 is 0. The van der Waals surface area contributed by atoms with Crippen molar-refractivity contribution in [2.75, 3.05) is 18.5 Å². The molecule has 44 heavy (non-hydrogen) atoms. The predicted molar refractivity (Wildman–Crippen MR) is 184 cm³/mol. The van der Waals surface area contributed by atoms with Crippen molar-refractivity contribution in [1.29, 1.82) is 0 Å². The molecule has 0 saturated heterocycles. The summed E-state index contributed by atoms with van der Waals surface area (Å²) in [6.45, 7) is 17.1.